The summed E-state index contributed by atoms with van der Waals surface area (Å²) in [6.07, 6.45) is 2.06. The number of anilines is 1. The molecule has 126 valence electrons. The van der Waals surface area contributed by atoms with Crippen molar-refractivity contribution in [3.8, 4) is 0 Å². The molecule has 0 aliphatic carbocycles. The molecule has 24 heavy (non-hydrogen) atoms. The Morgan fingerprint density at radius 1 is 1.21 bits per heavy atom. The van der Waals surface area contributed by atoms with Crippen LogP contribution in [0, 0.1) is 11.7 Å². The lowest BCUT2D eigenvalue weighted by molar-refractivity contribution is 0.0690. The zero-order chi connectivity index (χ0) is 16.9. The maximum Gasteiger partial charge on any atom is 0.274 e. The molecule has 1 amide bonds. The quantitative estimate of drug-likeness (QED) is 0.937. The van der Waals surface area contributed by atoms with Crippen molar-refractivity contribution < 1.29 is 9.18 Å². The number of piperidine rings is 1. The first kappa shape index (κ1) is 16.4. The number of nitrogens with one attached hydrogen (secondary N) is 1. The van der Waals surface area contributed by atoms with Crippen molar-refractivity contribution in [2.75, 3.05) is 18.4 Å². The molecule has 3 rings (SSSR count). The van der Waals surface area contributed by atoms with Crippen molar-refractivity contribution in [3.63, 3.8) is 0 Å². The Labute approximate surface area is 140 Å². The fourth-order valence-corrected chi connectivity index (χ4v) is 2.74. The lowest BCUT2D eigenvalue weighted by atomic mass is 9.99. The van der Waals surface area contributed by atoms with Gasteiger partial charge in [0.25, 0.3) is 5.91 Å². The average molecular weight is 328 g/mol. The van der Waals surface area contributed by atoms with Crippen LogP contribution in [0.15, 0.2) is 36.4 Å². The molecule has 2 heterocycles. The number of benzene rings is 1. The predicted molar refractivity (Wildman–Crippen MR) is 90.1 cm³/mol. The predicted octanol–water partition coefficient (Wildman–Crippen LogP) is 3.10. The van der Waals surface area contributed by atoms with Gasteiger partial charge in [-0.25, -0.2) is 4.39 Å². The first-order valence-corrected chi connectivity index (χ1v) is 8.24. The zero-order valence-electron chi connectivity index (χ0n) is 13.7. The van der Waals surface area contributed by atoms with Crippen LogP contribution >= 0.6 is 0 Å². The van der Waals surface area contributed by atoms with Crippen molar-refractivity contribution in [1.29, 1.82) is 0 Å². The van der Waals surface area contributed by atoms with Crippen LogP contribution in [0.2, 0.25) is 0 Å². The zero-order valence-corrected chi connectivity index (χ0v) is 13.7. The maximum atomic E-state index is 13.6. The number of rotatable bonds is 4. The molecule has 1 aromatic heterocycles. The van der Waals surface area contributed by atoms with E-state index in [1.165, 1.54) is 6.07 Å². The summed E-state index contributed by atoms with van der Waals surface area (Å²) in [6.45, 7) is 4.07. The minimum Gasteiger partial charge on any atom is -0.364 e. The van der Waals surface area contributed by atoms with Crippen LogP contribution in [0.3, 0.4) is 0 Å². The highest BCUT2D eigenvalue weighted by atomic mass is 19.1. The number of amides is 1. The van der Waals surface area contributed by atoms with Crippen LogP contribution in [-0.4, -0.2) is 34.1 Å². The van der Waals surface area contributed by atoms with Crippen LogP contribution in [0.1, 0.15) is 35.8 Å². The van der Waals surface area contributed by atoms with Gasteiger partial charge in [-0.15, -0.1) is 10.2 Å². The summed E-state index contributed by atoms with van der Waals surface area (Å²) in [6, 6.07) is 9.94. The second-order valence-corrected chi connectivity index (χ2v) is 6.22. The van der Waals surface area contributed by atoms with Crippen LogP contribution < -0.4 is 5.32 Å². The molecule has 1 aliphatic heterocycles. The van der Waals surface area contributed by atoms with Gasteiger partial charge in [-0.3, -0.25) is 4.79 Å². The fraction of sp³-hybridized carbons (Fsp3) is 0.389. The van der Waals surface area contributed by atoms with Crippen LogP contribution in [-0.2, 0) is 6.54 Å². The Morgan fingerprint density at radius 2 is 1.96 bits per heavy atom. The van der Waals surface area contributed by atoms with Gasteiger partial charge in [0.2, 0.25) is 0 Å². The Hall–Kier alpha value is -2.50. The highest BCUT2D eigenvalue weighted by Gasteiger charge is 2.22. The normalized spacial score (nSPS) is 15.3. The summed E-state index contributed by atoms with van der Waals surface area (Å²) in [5, 5.41) is 11.0. The third-order valence-corrected chi connectivity index (χ3v) is 4.37. The molecule has 0 spiro atoms. The molecule has 1 aliphatic rings. The van der Waals surface area contributed by atoms with Gasteiger partial charge < -0.3 is 10.2 Å². The van der Waals surface area contributed by atoms with Crippen LogP contribution in [0.5, 0.6) is 0 Å². The molecule has 0 atom stereocenters. The minimum atomic E-state index is -0.260. The SMILES string of the molecule is CC1CCN(C(=O)c2ccc(NCc3ccccc3F)nn2)CC1. The van der Waals surface area contributed by atoms with E-state index in [1.807, 2.05) is 4.90 Å². The number of nitrogens with zero attached hydrogens (tertiary/aromatic N) is 3. The maximum absolute atomic E-state index is 13.6. The molecule has 2 aromatic rings. The first-order valence-electron chi connectivity index (χ1n) is 8.24. The number of carbonyl (C=O) groups is 1. The number of halogens is 1. The van der Waals surface area contributed by atoms with Crippen molar-refractivity contribution in [3.05, 3.63) is 53.5 Å². The highest BCUT2D eigenvalue weighted by molar-refractivity contribution is 5.92. The standard InChI is InChI=1S/C18H21FN4O/c1-13-8-10-23(11-9-13)18(24)16-6-7-17(22-21-16)20-12-14-4-2-3-5-15(14)19/h2-7,13H,8-12H2,1H3,(H,20,22). The fourth-order valence-electron chi connectivity index (χ4n) is 2.74. The van der Waals surface area contributed by atoms with Gasteiger partial charge in [0, 0.05) is 25.2 Å². The van der Waals surface area contributed by atoms with Gasteiger partial charge in [-0.1, -0.05) is 25.1 Å². The van der Waals surface area contributed by atoms with Gasteiger partial charge in [-0.05, 0) is 37.0 Å². The van der Waals surface area contributed by atoms with E-state index in [0.717, 1.165) is 25.9 Å². The molecule has 1 N–H and O–H groups in total. The molecule has 0 bridgehead atoms. The molecule has 0 unspecified atom stereocenters. The van der Waals surface area contributed by atoms with E-state index in [-0.39, 0.29) is 11.7 Å². The minimum absolute atomic E-state index is 0.0740. The molecule has 5 nitrogen and oxygen atoms in total. The third-order valence-electron chi connectivity index (χ3n) is 4.37. The lowest BCUT2D eigenvalue weighted by Gasteiger charge is -2.29. The highest BCUT2D eigenvalue weighted by Crippen LogP contribution is 2.18. The summed E-state index contributed by atoms with van der Waals surface area (Å²) < 4.78 is 13.6. The Morgan fingerprint density at radius 3 is 2.62 bits per heavy atom. The van der Waals surface area contributed by atoms with E-state index in [9.17, 15) is 9.18 Å². The van der Waals surface area contributed by atoms with Crippen LogP contribution in [0.4, 0.5) is 10.2 Å². The van der Waals surface area contributed by atoms with E-state index >= 15 is 0 Å². The van der Waals surface area contributed by atoms with E-state index in [4.69, 9.17) is 0 Å². The van der Waals surface area contributed by atoms with Crippen molar-refractivity contribution >= 4 is 11.7 Å². The molecule has 0 radical (unpaired) electrons. The van der Waals surface area contributed by atoms with Gasteiger partial charge >= 0.3 is 0 Å². The molecule has 1 aromatic carbocycles. The van der Waals surface area contributed by atoms with E-state index in [2.05, 4.69) is 22.4 Å². The summed E-state index contributed by atoms with van der Waals surface area (Å²) >= 11 is 0. The summed E-state index contributed by atoms with van der Waals surface area (Å²) in [5.74, 6) is 0.853. The largest absolute Gasteiger partial charge is 0.364 e. The number of hydrogen-bond donors (Lipinski definition) is 1. The van der Waals surface area contributed by atoms with Crippen molar-refractivity contribution in [1.82, 2.24) is 15.1 Å². The van der Waals surface area contributed by atoms with Crippen molar-refractivity contribution in [2.24, 2.45) is 5.92 Å². The molecular formula is C18H21FN4O. The van der Waals surface area contributed by atoms with Gasteiger partial charge in [0.15, 0.2) is 5.69 Å². The lowest BCUT2D eigenvalue weighted by Crippen LogP contribution is -2.38. The number of carbonyl (C=O) groups excluding carboxylic acids is 1. The number of aromatic nitrogens is 2. The molecule has 6 heteroatoms. The monoisotopic (exact) mass is 328 g/mol. The van der Waals surface area contributed by atoms with E-state index < -0.39 is 0 Å². The summed E-state index contributed by atoms with van der Waals surface area (Å²) in [5.41, 5.74) is 0.905. The molecule has 1 fully saturated rings. The topological polar surface area (TPSA) is 58.1 Å². The Kier molecular flexibility index (Phi) is 5.03. The second kappa shape index (κ2) is 7.38. The van der Waals surface area contributed by atoms with Crippen molar-refractivity contribution in [2.45, 2.75) is 26.3 Å². The average Bonchev–Trinajstić information content (AvgIpc) is 2.62. The second-order valence-electron chi connectivity index (χ2n) is 6.22. The number of hydrogen-bond acceptors (Lipinski definition) is 4. The van der Waals surface area contributed by atoms with Crippen LogP contribution in [0.25, 0.3) is 0 Å². The third kappa shape index (κ3) is 3.88. The Bertz CT molecular complexity index is 696. The number of likely N-dealkylation sites (tertiary alicyclic amines) is 1. The molecule has 1 saturated heterocycles. The van der Waals surface area contributed by atoms with Gasteiger partial charge in [0.05, 0.1) is 0 Å². The van der Waals surface area contributed by atoms with E-state index in [1.54, 1.807) is 30.3 Å². The molecular weight excluding hydrogens is 307 g/mol. The Balaban J connectivity index is 1.59. The van der Waals surface area contributed by atoms with E-state index in [0.29, 0.717) is 29.5 Å². The smallest absolute Gasteiger partial charge is 0.274 e. The summed E-state index contributed by atoms with van der Waals surface area (Å²) in [4.78, 5) is 14.2. The molecule has 0 saturated carbocycles. The van der Waals surface area contributed by atoms with Gasteiger partial charge in [-0.2, -0.15) is 0 Å². The summed E-state index contributed by atoms with van der Waals surface area (Å²) in [7, 11) is 0. The first-order chi connectivity index (χ1) is 11.6. The van der Waals surface area contributed by atoms with Gasteiger partial charge in [0.1, 0.15) is 11.6 Å².